The van der Waals surface area contributed by atoms with E-state index < -0.39 is 0 Å². The molecule has 25 heavy (non-hydrogen) atoms. The van der Waals surface area contributed by atoms with Crippen molar-refractivity contribution in [1.29, 1.82) is 0 Å². The first kappa shape index (κ1) is 18.6. The molecule has 0 aliphatic carbocycles. The molecule has 1 atom stereocenters. The third kappa shape index (κ3) is 4.51. The van der Waals surface area contributed by atoms with E-state index in [1.807, 2.05) is 12.1 Å². The fourth-order valence-corrected chi connectivity index (χ4v) is 4.69. The maximum absolute atomic E-state index is 12.6. The minimum atomic E-state index is -0.107. The number of likely N-dealkylation sites (tertiary alicyclic amines) is 1. The monoisotopic (exact) mass is 425 g/mol. The maximum atomic E-state index is 12.6. The molecule has 0 spiro atoms. The lowest BCUT2D eigenvalue weighted by Gasteiger charge is -2.33. The van der Waals surface area contributed by atoms with Crippen LogP contribution in [0.1, 0.15) is 48.7 Å². The number of piperidine rings is 1. The molecule has 2 aromatic heterocycles. The molecule has 1 aliphatic rings. The summed E-state index contributed by atoms with van der Waals surface area (Å²) in [5, 5.41) is 7.10. The van der Waals surface area contributed by atoms with Gasteiger partial charge in [0.15, 0.2) is 0 Å². The SMILES string of the molecule is Cc1onc(-c2ccc(Br)s2)c1C(=O)NCCCN1CCCC[C@H]1C. The van der Waals surface area contributed by atoms with E-state index in [1.54, 1.807) is 18.3 Å². The highest BCUT2D eigenvalue weighted by molar-refractivity contribution is 9.11. The Kier molecular flexibility index (Phi) is 6.30. The molecule has 1 amide bonds. The Morgan fingerprint density at radius 2 is 2.32 bits per heavy atom. The van der Waals surface area contributed by atoms with Gasteiger partial charge in [0.25, 0.3) is 5.91 Å². The summed E-state index contributed by atoms with van der Waals surface area (Å²) >= 11 is 4.99. The number of rotatable bonds is 6. The number of carbonyl (C=O) groups excluding carboxylic acids is 1. The highest BCUT2D eigenvalue weighted by Crippen LogP contribution is 2.33. The molecule has 5 nitrogen and oxygen atoms in total. The van der Waals surface area contributed by atoms with Crippen molar-refractivity contribution in [2.24, 2.45) is 0 Å². The summed E-state index contributed by atoms with van der Waals surface area (Å²) in [7, 11) is 0. The number of nitrogens with one attached hydrogen (secondary N) is 1. The second kappa shape index (κ2) is 8.47. The zero-order valence-corrected chi connectivity index (χ0v) is 17.1. The van der Waals surface area contributed by atoms with Gasteiger partial charge in [-0.2, -0.15) is 0 Å². The van der Waals surface area contributed by atoms with Gasteiger partial charge in [-0.15, -0.1) is 11.3 Å². The second-order valence-corrected chi connectivity index (χ2v) is 9.02. The van der Waals surface area contributed by atoms with Crippen LogP contribution in [0.15, 0.2) is 20.4 Å². The lowest BCUT2D eigenvalue weighted by atomic mass is 10.0. The van der Waals surface area contributed by atoms with Gasteiger partial charge in [-0.25, -0.2) is 0 Å². The van der Waals surface area contributed by atoms with Crippen LogP contribution in [0.4, 0.5) is 0 Å². The van der Waals surface area contributed by atoms with Crippen molar-refractivity contribution in [2.45, 2.75) is 45.6 Å². The van der Waals surface area contributed by atoms with Crippen LogP contribution in [0, 0.1) is 6.92 Å². The number of halogens is 1. The average molecular weight is 426 g/mol. The van der Waals surface area contributed by atoms with Gasteiger partial charge in [0.05, 0.1) is 8.66 Å². The lowest BCUT2D eigenvalue weighted by Crippen LogP contribution is -2.39. The fourth-order valence-electron chi connectivity index (χ4n) is 3.31. The van der Waals surface area contributed by atoms with Gasteiger partial charge in [0.2, 0.25) is 0 Å². The van der Waals surface area contributed by atoms with Crippen LogP contribution in [0.3, 0.4) is 0 Å². The highest BCUT2D eigenvalue weighted by atomic mass is 79.9. The summed E-state index contributed by atoms with van der Waals surface area (Å²) in [6.07, 6.45) is 4.87. The number of thiophene rings is 1. The Labute approximate surface area is 160 Å². The van der Waals surface area contributed by atoms with Crippen LogP contribution >= 0.6 is 27.3 Å². The number of carbonyl (C=O) groups is 1. The second-order valence-electron chi connectivity index (χ2n) is 6.56. The van der Waals surface area contributed by atoms with Gasteiger partial charge in [0, 0.05) is 19.1 Å². The van der Waals surface area contributed by atoms with E-state index in [4.69, 9.17) is 4.52 Å². The van der Waals surface area contributed by atoms with Crippen LogP contribution in [0.25, 0.3) is 10.6 Å². The Hall–Kier alpha value is -1.18. The number of hydrogen-bond acceptors (Lipinski definition) is 5. The molecule has 0 radical (unpaired) electrons. The van der Waals surface area contributed by atoms with Crippen molar-refractivity contribution < 1.29 is 9.32 Å². The quantitative estimate of drug-likeness (QED) is 0.693. The average Bonchev–Trinajstić information content (AvgIpc) is 3.18. The normalized spacial score (nSPS) is 18.4. The van der Waals surface area contributed by atoms with E-state index in [0.29, 0.717) is 29.6 Å². The molecule has 136 valence electrons. The van der Waals surface area contributed by atoms with Gasteiger partial charge in [-0.1, -0.05) is 11.6 Å². The molecule has 0 saturated carbocycles. The van der Waals surface area contributed by atoms with Crippen molar-refractivity contribution in [3.63, 3.8) is 0 Å². The van der Waals surface area contributed by atoms with E-state index in [1.165, 1.54) is 25.8 Å². The highest BCUT2D eigenvalue weighted by Gasteiger charge is 2.23. The van der Waals surface area contributed by atoms with Crippen LogP contribution in [-0.2, 0) is 0 Å². The van der Waals surface area contributed by atoms with Gasteiger partial charge in [0.1, 0.15) is 17.0 Å². The molecule has 0 bridgehead atoms. The number of hydrogen-bond donors (Lipinski definition) is 1. The summed E-state index contributed by atoms with van der Waals surface area (Å²) < 4.78 is 6.27. The molecule has 2 aromatic rings. The van der Waals surface area contributed by atoms with Crippen molar-refractivity contribution in [3.05, 3.63) is 27.2 Å². The molecular weight excluding hydrogens is 402 g/mol. The molecule has 1 fully saturated rings. The van der Waals surface area contributed by atoms with E-state index in [2.05, 4.69) is 38.2 Å². The Morgan fingerprint density at radius 3 is 3.04 bits per heavy atom. The minimum Gasteiger partial charge on any atom is -0.360 e. The first-order valence-corrected chi connectivity index (χ1v) is 10.4. The van der Waals surface area contributed by atoms with E-state index >= 15 is 0 Å². The predicted octanol–water partition coefficient (Wildman–Crippen LogP) is 4.47. The maximum Gasteiger partial charge on any atom is 0.257 e. The standard InChI is InChI=1S/C18H24BrN3O2S/c1-12-6-3-4-10-22(12)11-5-9-20-18(23)16-13(2)24-21-17(16)14-7-8-15(19)25-14/h7-8,12H,3-6,9-11H2,1-2H3,(H,20,23)/t12-/m1/s1. The van der Waals surface area contributed by atoms with Crippen LogP contribution in [0.5, 0.6) is 0 Å². The van der Waals surface area contributed by atoms with Gasteiger partial charge in [-0.3, -0.25) is 4.79 Å². The number of nitrogens with zero attached hydrogens (tertiary/aromatic N) is 2. The summed E-state index contributed by atoms with van der Waals surface area (Å²) in [6.45, 7) is 6.96. The summed E-state index contributed by atoms with van der Waals surface area (Å²) in [5.41, 5.74) is 1.16. The van der Waals surface area contributed by atoms with Crippen LogP contribution in [0.2, 0.25) is 0 Å². The molecule has 1 aliphatic heterocycles. The zero-order chi connectivity index (χ0) is 17.8. The number of amides is 1. The molecule has 3 heterocycles. The van der Waals surface area contributed by atoms with Crippen molar-refractivity contribution >= 4 is 33.2 Å². The largest absolute Gasteiger partial charge is 0.360 e. The van der Waals surface area contributed by atoms with Crippen molar-refractivity contribution in [3.8, 4) is 10.6 Å². The van der Waals surface area contributed by atoms with Crippen molar-refractivity contribution in [2.75, 3.05) is 19.6 Å². The topological polar surface area (TPSA) is 58.4 Å². The molecule has 3 rings (SSSR count). The lowest BCUT2D eigenvalue weighted by molar-refractivity contribution is 0.0948. The van der Waals surface area contributed by atoms with Crippen LogP contribution in [-0.4, -0.2) is 41.6 Å². The Balaban J connectivity index is 1.56. The first-order valence-electron chi connectivity index (χ1n) is 8.80. The van der Waals surface area contributed by atoms with Gasteiger partial charge < -0.3 is 14.7 Å². The fraction of sp³-hybridized carbons (Fsp3) is 0.556. The Bertz CT molecular complexity index is 728. The smallest absolute Gasteiger partial charge is 0.257 e. The van der Waals surface area contributed by atoms with E-state index in [-0.39, 0.29) is 5.91 Å². The van der Waals surface area contributed by atoms with E-state index in [0.717, 1.165) is 21.6 Å². The third-order valence-corrected chi connectivity index (χ3v) is 6.37. The zero-order valence-electron chi connectivity index (χ0n) is 14.7. The molecule has 1 N–H and O–H groups in total. The van der Waals surface area contributed by atoms with Crippen LogP contribution < -0.4 is 5.32 Å². The minimum absolute atomic E-state index is 0.107. The van der Waals surface area contributed by atoms with E-state index in [9.17, 15) is 4.79 Å². The summed E-state index contributed by atoms with van der Waals surface area (Å²) in [5.74, 6) is 0.451. The molecular formula is C18H24BrN3O2S. The third-order valence-electron chi connectivity index (χ3n) is 4.74. The molecule has 0 unspecified atom stereocenters. The van der Waals surface area contributed by atoms with Gasteiger partial charge >= 0.3 is 0 Å². The predicted molar refractivity (Wildman–Crippen MR) is 104 cm³/mol. The number of aromatic nitrogens is 1. The molecule has 0 aromatic carbocycles. The van der Waals surface area contributed by atoms with Gasteiger partial charge in [-0.05, 0) is 67.7 Å². The number of aryl methyl sites for hydroxylation is 1. The summed E-state index contributed by atoms with van der Waals surface area (Å²) in [4.78, 5) is 16.1. The first-order chi connectivity index (χ1) is 12.1. The summed E-state index contributed by atoms with van der Waals surface area (Å²) in [6, 6.07) is 4.56. The Morgan fingerprint density at radius 1 is 1.48 bits per heavy atom. The van der Waals surface area contributed by atoms with Crippen molar-refractivity contribution in [1.82, 2.24) is 15.4 Å². The molecule has 7 heteroatoms. The molecule has 1 saturated heterocycles.